The number of aromatic nitrogens is 4. The highest BCUT2D eigenvalue weighted by atomic mass is 16.3. The van der Waals surface area contributed by atoms with Crippen LogP contribution in [-0.2, 0) is 0 Å². The first-order valence-corrected chi connectivity index (χ1v) is 16.7. The van der Waals surface area contributed by atoms with E-state index in [1.54, 1.807) is 0 Å². The lowest BCUT2D eigenvalue weighted by Gasteiger charge is -2.11. The molecular formula is C45H28N4O. The van der Waals surface area contributed by atoms with E-state index >= 15 is 0 Å². The number of hydrogen-bond donors (Lipinski definition) is 0. The fourth-order valence-corrected chi connectivity index (χ4v) is 7.22. The van der Waals surface area contributed by atoms with Gasteiger partial charge in [-0.2, -0.15) is 0 Å². The van der Waals surface area contributed by atoms with Crippen LogP contribution in [0, 0.1) is 0 Å². The lowest BCUT2D eigenvalue weighted by Crippen LogP contribution is -2.00. The summed E-state index contributed by atoms with van der Waals surface area (Å²) >= 11 is 0. The third-order valence-corrected chi connectivity index (χ3v) is 9.47. The SMILES string of the molecule is c1ccc(-c2nc(-c3ccccc3)nc(-c3ccc(-n4c5ccccc5c5c(-c6cccc7oc8ccccc8c67)cccc54)cc3)n2)cc1. The lowest BCUT2D eigenvalue weighted by molar-refractivity contribution is 0.669. The Morgan fingerprint density at radius 2 is 0.860 bits per heavy atom. The first-order chi connectivity index (χ1) is 24.8. The van der Waals surface area contributed by atoms with E-state index in [4.69, 9.17) is 19.4 Å². The summed E-state index contributed by atoms with van der Waals surface area (Å²) < 4.78 is 8.63. The number of nitrogens with zero attached hydrogens (tertiary/aromatic N) is 4. The van der Waals surface area contributed by atoms with Crippen LogP contribution in [0.3, 0.4) is 0 Å². The van der Waals surface area contributed by atoms with Gasteiger partial charge in [0, 0.05) is 43.9 Å². The highest BCUT2D eigenvalue weighted by Gasteiger charge is 2.19. The number of benzene rings is 7. The zero-order valence-electron chi connectivity index (χ0n) is 26.9. The molecule has 3 heterocycles. The van der Waals surface area contributed by atoms with Crippen LogP contribution in [0.15, 0.2) is 174 Å². The van der Waals surface area contributed by atoms with Crippen molar-refractivity contribution in [1.29, 1.82) is 0 Å². The first-order valence-electron chi connectivity index (χ1n) is 16.7. The molecule has 0 aliphatic carbocycles. The van der Waals surface area contributed by atoms with E-state index in [1.807, 2.05) is 72.8 Å². The molecule has 0 amide bonds. The lowest BCUT2D eigenvalue weighted by atomic mass is 9.95. The van der Waals surface area contributed by atoms with E-state index in [0.717, 1.165) is 60.9 Å². The van der Waals surface area contributed by atoms with Gasteiger partial charge in [0.1, 0.15) is 11.2 Å². The Bertz CT molecular complexity index is 2800. The van der Waals surface area contributed by atoms with Gasteiger partial charge in [-0.3, -0.25) is 0 Å². The van der Waals surface area contributed by atoms with Gasteiger partial charge in [0.2, 0.25) is 0 Å². The molecule has 7 aromatic carbocycles. The van der Waals surface area contributed by atoms with Crippen molar-refractivity contribution >= 4 is 43.7 Å². The predicted octanol–water partition coefficient (Wildman–Crippen LogP) is 11.5. The summed E-state index contributed by atoms with van der Waals surface area (Å²) in [5.74, 6) is 1.93. The van der Waals surface area contributed by atoms with Crippen LogP contribution in [0.5, 0.6) is 0 Å². The Hall–Kier alpha value is -6.85. The number of hydrogen-bond acceptors (Lipinski definition) is 4. The molecule has 0 atom stereocenters. The normalized spacial score (nSPS) is 11.6. The topological polar surface area (TPSA) is 56.7 Å². The Kier molecular flexibility index (Phi) is 6.42. The maximum Gasteiger partial charge on any atom is 0.164 e. The van der Waals surface area contributed by atoms with Crippen LogP contribution < -0.4 is 0 Å². The molecule has 50 heavy (non-hydrogen) atoms. The summed E-state index contributed by atoms with van der Waals surface area (Å²) in [6, 6.07) is 58.6. The average molecular weight is 641 g/mol. The molecule has 0 fully saturated rings. The second-order valence-corrected chi connectivity index (χ2v) is 12.4. The molecule has 0 aliphatic rings. The summed E-state index contributed by atoms with van der Waals surface area (Å²) in [6.07, 6.45) is 0. The molecule has 3 aromatic heterocycles. The molecule has 0 bridgehead atoms. The fraction of sp³-hybridized carbons (Fsp3) is 0. The highest BCUT2D eigenvalue weighted by Crippen LogP contribution is 2.43. The van der Waals surface area contributed by atoms with E-state index in [-0.39, 0.29) is 0 Å². The molecule has 5 nitrogen and oxygen atoms in total. The van der Waals surface area contributed by atoms with Gasteiger partial charge in [0.15, 0.2) is 17.5 Å². The van der Waals surface area contributed by atoms with Crippen LogP contribution in [-0.4, -0.2) is 19.5 Å². The summed E-state index contributed by atoms with van der Waals surface area (Å²) in [5.41, 5.74) is 10.3. The van der Waals surface area contributed by atoms with Gasteiger partial charge in [-0.05, 0) is 59.7 Å². The van der Waals surface area contributed by atoms with Crippen LogP contribution in [0.1, 0.15) is 0 Å². The molecule has 0 N–H and O–H groups in total. The van der Waals surface area contributed by atoms with Crippen LogP contribution >= 0.6 is 0 Å². The van der Waals surface area contributed by atoms with E-state index in [2.05, 4.69) is 102 Å². The summed E-state index contributed by atoms with van der Waals surface area (Å²) in [6.45, 7) is 0. The first kappa shape index (κ1) is 28.2. The number of fused-ring (bicyclic) bond motifs is 6. The highest BCUT2D eigenvalue weighted by molar-refractivity contribution is 6.20. The minimum absolute atomic E-state index is 0.634. The Morgan fingerprint density at radius 3 is 1.54 bits per heavy atom. The van der Waals surface area contributed by atoms with Crippen molar-refractivity contribution in [3.8, 4) is 51.0 Å². The maximum atomic E-state index is 6.28. The molecule has 5 heteroatoms. The third-order valence-electron chi connectivity index (χ3n) is 9.47. The maximum absolute atomic E-state index is 6.28. The zero-order chi connectivity index (χ0) is 33.0. The molecule has 0 saturated heterocycles. The van der Waals surface area contributed by atoms with E-state index in [9.17, 15) is 0 Å². The minimum Gasteiger partial charge on any atom is -0.456 e. The average Bonchev–Trinajstić information content (AvgIpc) is 3.75. The summed E-state index contributed by atoms with van der Waals surface area (Å²) in [4.78, 5) is 14.7. The molecule has 0 radical (unpaired) electrons. The molecule has 0 spiro atoms. The smallest absolute Gasteiger partial charge is 0.164 e. The molecule has 10 aromatic rings. The van der Waals surface area contributed by atoms with Crippen molar-refractivity contribution in [3.63, 3.8) is 0 Å². The predicted molar refractivity (Wildman–Crippen MR) is 203 cm³/mol. The number of furan rings is 1. The van der Waals surface area contributed by atoms with Gasteiger partial charge in [-0.25, -0.2) is 15.0 Å². The fourth-order valence-electron chi connectivity index (χ4n) is 7.22. The second-order valence-electron chi connectivity index (χ2n) is 12.4. The van der Waals surface area contributed by atoms with Crippen molar-refractivity contribution < 1.29 is 4.42 Å². The van der Waals surface area contributed by atoms with Crippen molar-refractivity contribution in [2.75, 3.05) is 0 Å². The van der Waals surface area contributed by atoms with Gasteiger partial charge in [-0.15, -0.1) is 0 Å². The van der Waals surface area contributed by atoms with E-state index < -0.39 is 0 Å². The van der Waals surface area contributed by atoms with E-state index in [0.29, 0.717) is 17.5 Å². The Morgan fingerprint density at radius 1 is 0.360 bits per heavy atom. The number of para-hydroxylation sites is 2. The summed E-state index contributed by atoms with van der Waals surface area (Å²) in [7, 11) is 0. The molecule has 234 valence electrons. The standard InChI is InChI=1S/C45H28N4O/c1-3-13-29(14-4-1)43-46-44(30-15-5-2-6-16-30)48-45(47-43)31-25-27-32(28-26-31)49-37-21-9-7-17-35(37)41-33(19-11-22-38(41)49)34-20-12-24-40-42(34)36-18-8-10-23-39(36)50-40/h1-28H. The second kappa shape index (κ2) is 11.4. The van der Waals surface area contributed by atoms with Crippen molar-refractivity contribution in [1.82, 2.24) is 19.5 Å². The van der Waals surface area contributed by atoms with Crippen molar-refractivity contribution in [3.05, 3.63) is 170 Å². The zero-order valence-corrected chi connectivity index (χ0v) is 26.9. The number of rotatable bonds is 5. The molecule has 0 aliphatic heterocycles. The Balaban J connectivity index is 1.14. The molecular weight excluding hydrogens is 613 g/mol. The monoisotopic (exact) mass is 640 g/mol. The van der Waals surface area contributed by atoms with Crippen LogP contribution in [0.4, 0.5) is 0 Å². The van der Waals surface area contributed by atoms with Crippen LogP contribution in [0.25, 0.3) is 94.7 Å². The third kappa shape index (κ3) is 4.52. The molecule has 10 rings (SSSR count). The summed E-state index contributed by atoms with van der Waals surface area (Å²) in [5, 5.41) is 4.67. The quantitative estimate of drug-likeness (QED) is 0.188. The molecule has 0 saturated carbocycles. The van der Waals surface area contributed by atoms with Gasteiger partial charge < -0.3 is 8.98 Å². The van der Waals surface area contributed by atoms with Crippen LogP contribution in [0.2, 0.25) is 0 Å². The van der Waals surface area contributed by atoms with E-state index in [1.165, 1.54) is 16.3 Å². The van der Waals surface area contributed by atoms with Gasteiger partial charge in [0.05, 0.1) is 11.0 Å². The molecule has 0 unspecified atom stereocenters. The van der Waals surface area contributed by atoms with Gasteiger partial charge in [0.25, 0.3) is 0 Å². The minimum atomic E-state index is 0.634. The van der Waals surface area contributed by atoms with Gasteiger partial charge >= 0.3 is 0 Å². The Labute approximate surface area is 287 Å². The largest absolute Gasteiger partial charge is 0.456 e. The van der Waals surface area contributed by atoms with Crippen molar-refractivity contribution in [2.45, 2.75) is 0 Å². The van der Waals surface area contributed by atoms with Crippen molar-refractivity contribution in [2.24, 2.45) is 0 Å². The van der Waals surface area contributed by atoms with Gasteiger partial charge in [-0.1, -0.05) is 121 Å².